The van der Waals surface area contributed by atoms with Crippen LogP contribution in [-0.4, -0.2) is 0 Å². The largest absolute Gasteiger partial charge is 0.419 e. The van der Waals surface area contributed by atoms with Crippen molar-refractivity contribution in [2.24, 2.45) is 0 Å². The second-order valence-corrected chi connectivity index (χ2v) is 11.6. The maximum absolute atomic E-state index is 14.8. The third-order valence-electron chi connectivity index (χ3n) is 8.59. The normalized spacial score (nSPS) is 13.7. The molecule has 3 aromatic rings. The average Bonchev–Trinajstić information content (AvgIpc) is 3.62. The van der Waals surface area contributed by atoms with Gasteiger partial charge in [0.15, 0.2) is 0 Å². The Morgan fingerprint density at radius 1 is 0.414 bits per heavy atom. The molecule has 7 nitrogen and oxygen atoms in total. The molecule has 286 valence electrons. The molecular weight excluding hydrogens is 808 g/mol. The van der Waals surface area contributed by atoms with Crippen LogP contribution < -0.4 is 0 Å². The first-order valence-corrected chi connectivity index (χ1v) is 14.8. The van der Waals surface area contributed by atoms with Crippen molar-refractivity contribution < 1.29 is 61.5 Å². The molecular formula is C37H5F14N7. The minimum Gasteiger partial charge on any atom is -0.206 e. The Bertz CT molecular complexity index is 2760. The lowest BCUT2D eigenvalue weighted by molar-refractivity contribution is -0.149. The summed E-state index contributed by atoms with van der Waals surface area (Å²) in [5, 5.41) is 70.7. The number of benzene rings is 3. The van der Waals surface area contributed by atoms with Gasteiger partial charge in [-0.15, -0.1) is 0 Å². The Morgan fingerprint density at radius 2 is 0.759 bits per heavy atom. The lowest BCUT2D eigenvalue weighted by Crippen LogP contribution is -2.16. The molecule has 0 atom stereocenters. The molecule has 0 N–H and O–H groups in total. The van der Waals surface area contributed by atoms with Crippen molar-refractivity contribution in [2.45, 2.75) is 24.7 Å². The van der Waals surface area contributed by atoms with Crippen LogP contribution in [0.2, 0.25) is 0 Å². The monoisotopic (exact) mass is 813 g/mol. The standard InChI is InChI=1S/C37H5F14N7/c38-32-22(34(40,41)42)1-13(2-23(32)35(43,44)45)26-19(10-56)17-5-18-28(15(6-52)7-53)27(14-3-24(36(46,47)48)33(39)25(4-14)37(49,50)51)20(11-57)30(18)21(12-58)31(17)29(26)16(8-54)9-55/h1-5H. The van der Waals surface area contributed by atoms with Gasteiger partial charge in [-0.25, -0.2) is 8.78 Å². The molecule has 0 saturated heterocycles. The van der Waals surface area contributed by atoms with Gasteiger partial charge >= 0.3 is 24.7 Å². The molecule has 58 heavy (non-hydrogen) atoms. The van der Waals surface area contributed by atoms with E-state index in [-0.39, 0.29) is 24.3 Å². The maximum Gasteiger partial charge on any atom is 0.419 e. The van der Waals surface area contributed by atoms with E-state index in [0.29, 0.717) is 6.07 Å². The van der Waals surface area contributed by atoms with Gasteiger partial charge in [0.1, 0.15) is 65.3 Å². The van der Waals surface area contributed by atoms with Gasteiger partial charge in [0.05, 0.1) is 39.0 Å². The summed E-state index contributed by atoms with van der Waals surface area (Å²) < 4.78 is 197. The van der Waals surface area contributed by atoms with Gasteiger partial charge in [-0.2, -0.15) is 89.5 Å². The maximum atomic E-state index is 14.8. The van der Waals surface area contributed by atoms with E-state index in [4.69, 9.17) is 0 Å². The zero-order chi connectivity index (χ0) is 43.6. The van der Waals surface area contributed by atoms with E-state index in [1.54, 1.807) is 0 Å². The number of halogens is 14. The lowest BCUT2D eigenvalue weighted by atomic mass is 9.85. The van der Waals surface area contributed by atoms with Gasteiger partial charge in [0.25, 0.3) is 0 Å². The van der Waals surface area contributed by atoms with Crippen LogP contribution in [0, 0.1) is 91.0 Å². The fraction of sp³-hybridized carbons (Fsp3) is 0.108. The number of allylic oxidation sites excluding steroid dienone is 8. The van der Waals surface area contributed by atoms with E-state index in [1.165, 1.54) is 42.5 Å². The van der Waals surface area contributed by atoms with Crippen LogP contribution in [0.1, 0.15) is 61.2 Å². The highest BCUT2D eigenvalue weighted by Gasteiger charge is 2.47. The number of alkyl halides is 12. The van der Waals surface area contributed by atoms with E-state index in [9.17, 15) is 98.3 Å². The van der Waals surface area contributed by atoms with Crippen LogP contribution in [0.15, 0.2) is 41.5 Å². The first-order chi connectivity index (χ1) is 26.9. The smallest absolute Gasteiger partial charge is 0.206 e. The number of hydrogen-bond acceptors (Lipinski definition) is 7. The van der Waals surface area contributed by atoms with Crippen LogP contribution in [-0.2, 0) is 24.7 Å². The second kappa shape index (κ2) is 13.7. The fourth-order valence-corrected chi connectivity index (χ4v) is 6.43. The molecule has 0 radical (unpaired) electrons. The highest BCUT2D eigenvalue weighted by Crippen LogP contribution is 2.57. The quantitative estimate of drug-likeness (QED) is 0.183. The summed E-state index contributed by atoms with van der Waals surface area (Å²) in [4.78, 5) is 0. The predicted octanol–water partition coefficient (Wildman–Crippen LogP) is 10.4. The molecule has 0 aliphatic heterocycles. The molecule has 5 rings (SSSR count). The molecule has 0 fully saturated rings. The predicted molar refractivity (Wildman–Crippen MR) is 165 cm³/mol. The summed E-state index contributed by atoms with van der Waals surface area (Å²) in [5.74, 6) is -5.65. The summed E-state index contributed by atoms with van der Waals surface area (Å²) >= 11 is 0. The molecule has 0 amide bonds. The first-order valence-electron chi connectivity index (χ1n) is 14.8. The molecule has 0 bridgehead atoms. The molecule has 2 aliphatic rings. The molecule has 0 spiro atoms. The summed E-state index contributed by atoms with van der Waals surface area (Å²) in [6.45, 7) is 0. The fourth-order valence-electron chi connectivity index (χ4n) is 6.43. The van der Waals surface area contributed by atoms with Crippen LogP contribution in [0.3, 0.4) is 0 Å². The van der Waals surface area contributed by atoms with Crippen LogP contribution in [0.5, 0.6) is 0 Å². The van der Waals surface area contributed by atoms with Crippen LogP contribution in [0.25, 0.3) is 33.4 Å². The summed E-state index contributed by atoms with van der Waals surface area (Å²) in [6, 6.07) is 9.17. The van der Waals surface area contributed by atoms with E-state index in [1.807, 2.05) is 0 Å². The van der Waals surface area contributed by atoms with Crippen molar-refractivity contribution in [3.8, 4) is 42.5 Å². The Morgan fingerprint density at radius 3 is 1.07 bits per heavy atom. The van der Waals surface area contributed by atoms with E-state index in [2.05, 4.69) is 0 Å². The highest BCUT2D eigenvalue weighted by atomic mass is 19.4. The SMILES string of the molecule is N#CC(C#N)=C1C(c2cc(C(F)(F)F)c(F)c(C(F)(F)F)c2)=C(C#N)c2c1cc1c(c2C#N)C(=C(C#N)C#N)C(c2cc(C(F)(F)F)c(F)c(C(F)(F)F)c2)=C1C#N. The van der Waals surface area contributed by atoms with E-state index < -0.39 is 142 Å². The first kappa shape index (κ1) is 41.2. The summed E-state index contributed by atoms with van der Waals surface area (Å²) in [6.07, 6.45) is -23.4. The van der Waals surface area contributed by atoms with Crippen molar-refractivity contribution in [3.63, 3.8) is 0 Å². The van der Waals surface area contributed by atoms with E-state index in [0.717, 1.165) is 0 Å². The Labute approximate surface area is 313 Å². The zero-order valence-corrected chi connectivity index (χ0v) is 27.3. The van der Waals surface area contributed by atoms with Gasteiger partial charge in [-0.05, 0) is 47.0 Å². The van der Waals surface area contributed by atoms with Crippen LogP contribution >= 0.6 is 0 Å². The van der Waals surface area contributed by atoms with Crippen molar-refractivity contribution in [3.05, 3.63) is 114 Å². The van der Waals surface area contributed by atoms with Crippen molar-refractivity contribution in [1.82, 2.24) is 0 Å². The number of nitriles is 7. The van der Waals surface area contributed by atoms with Crippen molar-refractivity contribution >= 4 is 33.4 Å². The topological polar surface area (TPSA) is 167 Å². The van der Waals surface area contributed by atoms with Crippen molar-refractivity contribution in [1.29, 1.82) is 36.8 Å². The number of hydrogen-bond donors (Lipinski definition) is 0. The summed E-state index contributed by atoms with van der Waals surface area (Å²) in [5.41, 5.74) is -26.2. The minimum absolute atomic E-state index is 0.215. The average molecular weight is 813 g/mol. The number of nitrogens with zero attached hydrogens (tertiary/aromatic N) is 7. The van der Waals surface area contributed by atoms with Gasteiger partial charge in [-0.1, -0.05) is 0 Å². The third kappa shape index (κ3) is 6.30. The van der Waals surface area contributed by atoms with Gasteiger partial charge in [0, 0.05) is 39.0 Å². The molecule has 21 heteroatoms. The zero-order valence-electron chi connectivity index (χ0n) is 27.3. The van der Waals surface area contributed by atoms with Crippen molar-refractivity contribution in [2.75, 3.05) is 0 Å². The second-order valence-electron chi connectivity index (χ2n) is 11.6. The van der Waals surface area contributed by atoms with E-state index >= 15 is 0 Å². The molecule has 0 saturated carbocycles. The number of fused-ring (bicyclic) bond motifs is 2. The van der Waals surface area contributed by atoms with Gasteiger partial charge < -0.3 is 0 Å². The molecule has 0 aromatic heterocycles. The molecule has 0 heterocycles. The Balaban J connectivity index is 2.06. The van der Waals surface area contributed by atoms with Crippen LogP contribution in [0.4, 0.5) is 61.5 Å². The number of rotatable bonds is 2. The molecule has 0 unspecified atom stereocenters. The molecule has 3 aromatic carbocycles. The summed E-state index contributed by atoms with van der Waals surface area (Å²) in [7, 11) is 0. The Hall–Kier alpha value is -7.93. The van der Waals surface area contributed by atoms with Gasteiger partial charge in [-0.3, -0.25) is 0 Å². The highest BCUT2D eigenvalue weighted by molar-refractivity contribution is 6.31. The third-order valence-corrected chi connectivity index (χ3v) is 8.59. The lowest BCUT2D eigenvalue weighted by Gasteiger charge is -2.18. The molecule has 2 aliphatic carbocycles. The van der Waals surface area contributed by atoms with Gasteiger partial charge in [0.2, 0.25) is 0 Å². The Kier molecular flexibility index (Phi) is 9.72. The minimum atomic E-state index is -5.86.